The number of aromatic nitrogens is 2. The van der Waals surface area contributed by atoms with Crippen molar-refractivity contribution < 1.29 is 9.53 Å². The maximum absolute atomic E-state index is 11.1. The normalized spacial score (nSPS) is 22.0. The SMILES string of the molecule is COC(=O)/C=C/c1cnc(N[C@@H]2CCN(CCC3CCCCC3)C2)cn1. The minimum Gasteiger partial charge on any atom is -0.466 e. The van der Waals surface area contributed by atoms with E-state index < -0.39 is 5.97 Å². The maximum atomic E-state index is 11.1. The van der Waals surface area contributed by atoms with Crippen LogP contribution in [0.3, 0.4) is 0 Å². The van der Waals surface area contributed by atoms with E-state index in [0.717, 1.165) is 31.2 Å². The average molecular weight is 358 g/mol. The van der Waals surface area contributed by atoms with Gasteiger partial charge >= 0.3 is 5.97 Å². The van der Waals surface area contributed by atoms with Gasteiger partial charge in [0.15, 0.2) is 0 Å². The van der Waals surface area contributed by atoms with Crippen molar-refractivity contribution in [3.63, 3.8) is 0 Å². The van der Waals surface area contributed by atoms with Gasteiger partial charge in [-0.2, -0.15) is 0 Å². The number of hydrogen-bond acceptors (Lipinski definition) is 6. The minimum absolute atomic E-state index is 0.395. The van der Waals surface area contributed by atoms with Crippen molar-refractivity contribution in [3.8, 4) is 0 Å². The summed E-state index contributed by atoms with van der Waals surface area (Å²) >= 11 is 0. The molecule has 6 nitrogen and oxygen atoms in total. The molecular weight excluding hydrogens is 328 g/mol. The highest BCUT2D eigenvalue weighted by Crippen LogP contribution is 2.27. The summed E-state index contributed by atoms with van der Waals surface area (Å²) in [7, 11) is 1.35. The first-order chi connectivity index (χ1) is 12.7. The van der Waals surface area contributed by atoms with Gasteiger partial charge in [0.2, 0.25) is 0 Å². The lowest BCUT2D eigenvalue weighted by Crippen LogP contribution is -2.28. The fourth-order valence-corrected chi connectivity index (χ4v) is 3.92. The molecule has 1 aromatic rings. The van der Waals surface area contributed by atoms with Crippen LogP contribution < -0.4 is 5.32 Å². The summed E-state index contributed by atoms with van der Waals surface area (Å²) in [6.07, 6.45) is 16.0. The Morgan fingerprint density at radius 1 is 1.27 bits per heavy atom. The monoisotopic (exact) mass is 358 g/mol. The van der Waals surface area contributed by atoms with Crippen LogP contribution in [0.15, 0.2) is 18.5 Å². The summed E-state index contributed by atoms with van der Waals surface area (Å²) in [5.41, 5.74) is 0.640. The predicted octanol–water partition coefficient (Wildman–Crippen LogP) is 3.12. The number of anilines is 1. The molecule has 1 aliphatic heterocycles. The zero-order valence-corrected chi connectivity index (χ0v) is 15.7. The minimum atomic E-state index is -0.395. The molecule has 3 rings (SSSR count). The third-order valence-corrected chi connectivity index (χ3v) is 5.47. The number of carbonyl (C=O) groups is 1. The van der Waals surface area contributed by atoms with Crippen molar-refractivity contribution in [2.24, 2.45) is 5.92 Å². The van der Waals surface area contributed by atoms with E-state index in [9.17, 15) is 4.79 Å². The van der Waals surface area contributed by atoms with Gasteiger partial charge in [-0.1, -0.05) is 32.1 Å². The molecule has 6 heteroatoms. The quantitative estimate of drug-likeness (QED) is 0.597. The predicted molar refractivity (Wildman–Crippen MR) is 103 cm³/mol. The Morgan fingerprint density at radius 3 is 2.85 bits per heavy atom. The van der Waals surface area contributed by atoms with E-state index in [1.165, 1.54) is 58.3 Å². The highest BCUT2D eigenvalue weighted by molar-refractivity contribution is 5.86. The first kappa shape index (κ1) is 18.8. The van der Waals surface area contributed by atoms with Crippen molar-refractivity contribution in [2.45, 2.75) is 51.0 Å². The van der Waals surface area contributed by atoms with Crippen LogP contribution in [-0.4, -0.2) is 53.6 Å². The van der Waals surface area contributed by atoms with Crippen LogP contribution in [0, 0.1) is 5.92 Å². The van der Waals surface area contributed by atoms with Gasteiger partial charge in [-0.3, -0.25) is 4.98 Å². The van der Waals surface area contributed by atoms with E-state index in [-0.39, 0.29) is 0 Å². The number of ether oxygens (including phenoxy) is 1. The molecule has 0 bridgehead atoms. The zero-order chi connectivity index (χ0) is 18.2. The molecule has 0 aromatic carbocycles. The summed E-state index contributed by atoms with van der Waals surface area (Å²) in [6.45, 7) is 3.47. The van der Waals surface area contributed by atoms with Gasteiger partial charge in [0.25, 0.3) is 0 Å². The van der Waals surface area contributed by atoms with Crippen LogP contribution in [0.25, 0.3) is 6.08 Å². The summed E-state index contributed by atoms with van der Waals surface area (Å²) in [6, 6.07) is 0.437. The second-order valence-electron chi connectivity index (χ2n) is 7.41. The van der Waals surface area contributed by atoms with Gasteiger partial charge in [-0.15, -0.1) is 0 Å². The molecule has 2 aliphatic rings. The molecular formula is C20H30N4O2. The molecule has 0 unspecified atom stereocenters. The first-order valence-electron chi connectivity index (χ1n) is 9.80. The van der Waals surface area contributed by atoms with Crippen LogP contribution in [-0.2, 0) is 9.53 Å². The highest BCUT2D eigenvalue weighted by Gasteiger charge is 2.23. The number of likely N-dealkylation sites (tertiary alicyclic amines) is 1. The number of nitrogens with one attached hydrogen (secondary N) is 1. The van der Waals surface area contributed by atoms with Gasteiger partial charge in [0.1, 0.15) is 5.82 Å². The first-order valence-corrected chi connectivity index (χ1v) is 9.80. The van der Waals surface area contributed by atoms with Crippen molar-refractivity contribution in [1.82, 2.24) is 14.9 Å². The maximum Gasteiger partial charge on any atom is 0.330 e. The van der Waals surface area contributed by atoms with Crippen LogP contribution in [0.5, 0.6) is 0 Å². The standard InChI is InChI=1S/C20H30N4O2/c1-26-20(25)8-7-17-13-22-19(14-21-17)23-18-10-12-24(15-18)11-9-16-5-3-2-4-6-16/h7-8,13-14,16,18H,2-6,9-12,15H2,1H3,(H,22,23)/b8-7+/t18-/m1/s1. The van der Waals surface area contributed by atoms with E-state index in [2.05, 4.69) is 24.9 Å². The van der Waals surface area contributed by atoms with E-state index in [1.807, 2.05) is 0 Å². The molecule has 1 aromatic heterocycles. The van der Waals surface area contributed by atoms with Crippen molar-refractivity contribution in [1.29, 1.82) is 0 Å². The average Bonchev–Trinajstić information content (AvgIpc) is 3.13. The van der Waals surface area contributed by atoms with Gasteiger partial charge in [-0.05, 0) is 31.4 Å². The van der Waals surface area contributed by atoms with Crippen LogP contribution in [0.1, 0.15) is 50.6 Å². The second kappa shape index (κ2) is 9.67. The molecule has 1 aliphatic carbocycles. The number of nitrogens with zero attached hydrogens (tertiary/aromatic N) is 3. The van der Waals surface area contributed by atoms with Crippen LogP contribution >= 0.6 is 0 Å². The largest absolute Gasteiger partial charge is 0.466 e. The third-order valence-electron chi connectivity index (χ3n) is 5.47. The number of rotatable bonds is 7. The molecule has 26 heavy (non-hydrogen) atoms. The lowest BCUT2D eigenvalue weighted by molar-refractivity contribution is -0.134. The van der Waals surface area contributed by atoms with Gasteiger partial charge in [-0.25, -0.2) is 9.78 Å². The third kappa shape index (κ3) is 5.80. The fraction of sp³-hybridized carbons (Fsp3) is 0.650. The molecule has 1 saturated heterocycles. The topological polar surface area (TPSA) is 67.3 Å². The number of methoxy groups -OCH3 is 1. The molecule has 142 valence electrons. The summed E-state index contributed by atoms with van der Waals surface area (Å²) in [5, 5.41) is 3.48. The van der Waals surface area contributed by atoms with E-state index in [1.54, 1.807) is 18.5 Å². The summed E-state index contributed by atoms with van der Waals surface area (Å²) < 4.78 is 4.56. The number of esters is 1. The Labute approximate surface area is 156 Å². The molecule has 1 saturated carbocycles. The lowest BCUT2D eigenvalue weighted by Gasteiger charge is -2.24. The summed E-state index contributed by atoms with van der Waals surface area (Å²) in [4.78, 5) is 22.4. The summed E-state index contributed by atoms with van der Waals surface area (Å²) in [5.74, 6) is 1.35. The van der Waals surface area contributed by atoms with Crippen molar-refractivity contribution >= 4 is 17.9 Å². The van der Waals surface area contributed by atoms with Gasteiger partial charge < -0.3 is 15.0 Å². The van der Waals surface area contributed by atoms with E-state index in [4.69, 9.17) is 0 Å². The fourth-order valence-electron chi connectivity index (χ4n) is 3.92. The van der Waals surface area contributed by atoms with Crippen LogP contribution in [0.4, 0.5) is 5.82 Å². The van der Waals surface area contributed by atoms with Crippen molar-refractivity contribution in [3.05, 3.63) is 24.2 Å². The lowest BCUT2D eigenvalue weighted by atomic mass is 9.87. The Balaban J connectivity index is 1.40. The Kier molecular flexibility index (Phi) is 7.00. The molecule has 2 heterocycles. The Morgan fingerprint density at radius 2 is 2.12 bits per heavy atom. The zero-order valence-electron chi connectivity index (χ0n) is 15.7. The Bertz CT molecular complexity index is 596. The Hall–Kier alpha value is -1.95. The molecule has 1 N–H and O–H groups in total. The van der Waals surface area contributed by atoms with Crippen molar-refractivity contribution in [2.75, 3.05) is 32.1 Å². The molecule has 0 radical (unpaired) electrons. The second-order valence-corrected chi connectivity index (χ2v) is 7.41. The van der Waals surface area contributed by atoms with E-state index >= 15 is 0 Å². The highest BCUT2D eigenvalue weighted by atomic mass is 16.5. The smallest absolute Gasteiger partial charge is 0.330 e. The molecule has 1 atom stereocenters. The molecule has 2 fully saturated rings. The number of carbonyl (C=O) groups excluding carboxylic acids is 1. The van der Waals surface area contributed by atoms with Crippen LogP contribution in [0.2, 0.25) is 0 Å². The molecule has 0 amide bonds. The molecule has 0 spiro atoms. The van der Waals surface area contributed by atoms with E-state index in [0.29, 0.717) is 11.7 Å². The van der Waals surface area contributed by atoms with Gasteiger partial charge in [0.05, 0.1) is 25.2 Å². The number of hydrogen-bond donors (Lipinski definition) is 1. The van der Waals surface area contributed by atoms with Gasteiger partial charge in [0, 0.05) is 25.2 Å².